The minimum atomic E-state index is -4.41. The molecule has 0 aromatic heterocycles. The maximum absolute atomic E-state index is 10.8. The highest BCUT2D eigenvalue weighted by atomic mass is 32.2. The van der Waals surface area contributed by atoms with Crippen molar-refractivity contribution >= 4 is 16.2 Å². The van der Waals surface area contributed by atoms with Crippen LogP contribution >= 0.6 is 0 Å². The van der Waals surface area contributed by atoms with Gasteiger partial charge in [0, 0.05) is 0 Å². The van der Waals surface area contributed by atoms with Gasteiger partial charge in [-0.05, 0) is 5.56 Å². The van der Waals surface area contributed by atoms with Crippen molar-refractivity contribution in [1.29, 1.82) is 0 Å². The summed E-state index contributed by atoms with van der Waals surface area (Å²) in [4.78, 5) is 13.0. The van der Waals surface area contributed by atoms with E-state index in [0.29, 0.717) is 0 Å². The lowest BCUT2D eigenvalue weighted by Crippen LogP contribution is -2.09. The molecule has 0 fully saturated rings. The highest BCUT2D eigenvalue weighted by molar-refractivity contribution is 7.86. The van der Waals surface area contributed by atoms with Crippen LogP contribution in [0.1, 0.15) is 10.9 Å². The first-order chi connectivity index (χ1) is 6.55. The van der Waals surface area contributed by atoms with Gasteiger partial charge in [-0.15, -0.1) is 0 Å². The third kappa shape index (κ3) is 2.50. The molecule has 0 spiro atoms. The van der Waals surface area contributed by atoms with E-state index in [4.69, 9.17) is 4.55 Å². The number of aliphatic imine (C=N–C) groups is 1. The molecule has 1 atom stereocenters. The molecule has 0 saturated carbocycles. The molecule has 0 bridgehead atoms. The minimum absolute atomic E-state index is 0.221. The number of isocyanates is 1. The lowest BCUT2D eigenvalue weighted by atomic mass is 10.2. The van der Waals surface area contributed by atoms with Crippen LogP contribution in [0, 0.1) is 0 Å². The van der Waals surface area contributed by atoms with Crippen molar-refractivity contribution < 1.29 is 17.8 Å². The van der Waals surface area contributed by atoms with Gasteiger partial charge in [-0.1, -0.05) is 30.3 Å². The van der Waals surface area contributed by atoms with Crippen LogP contribution in [0.2, 0.25) is 0 Å². The van der Waals surface area contributed by atoms with Crippen LogP contribution in [-0.2, 0) is 14.9 Å². The van der Waals surface area contributed by atoms with E-state index in [9.17, 15) is 13.2 Å². The van der Waals surface area contributed by atoms with Gasteiger partial charge in [-0.2, -0.15) is 13.4 Å². The second-order valence-corrected chi connectivity index (χ2v) is 3.97. The van der Waals surface area contributed by atoms with Crippen LogP contribution in [0.3, 0.4) is 0 Å². The van der Waals surface area contributed by atoms with Gasteiger partial charge < -0.3 is 0 Å². The summed E-state index contributed by atoms with van der Waals surface area (Å²) in [6.45, 7) is 0. The molecule has 1 rings (SSSR count). The number of nitrogens with zero attached hydrogens (tertiary/aromatic N) is 1. The molecule has 6 heteroatoms. The largest absolute Gasteiger partial charge is 0.293 e. The zero-order valence-corrected chi connectivity index (χ0v) is 7.81. The van der Waals surface area contributed by atoms with Crippen molar-refractivity contribution in [2.24, 2.45) is 4.99 Å². The molecular formula is C8H7NO4S. The Morgan fingerprint density at radius 1 is 1.29 bits per heavy atom. The fraction of sp³-hybridized carbons (Fsp3) is 0.125. The maximum Gasteiger partial charge on any atom is 0.293 e. The van der Waals surface area contributed by atoms with E-state index >= 15 is 0 Å². The van der Waals surface area contributed by atoms with Gasteiger partial charge in [-0.25, -0.2) is 4.79 Å². The van der Waals surface area contributed by atoms with Crippen molar-refractivity contribution in [2.75, 3.05) is 0 Å². The Morgan fingerprint density at radius 2 is 1.86 bits per heavy atom. The molecule has 0 heterocycles. The van der Waals surface area contributed by atoms with Crippen molar-refractivity contribution in [3.63, 3.8) is 0 Å². The summed E-state index contributed by atoms with van der Waals surface area (Å²) in [6.07, 6.45) is 1.11. The Kier molecular flexibility index (Phi) is 3.14. The van der Waals surface area contributed by atoms with Gasteiger partial charge in [0.2, 0.25) is 11.5 Å². The first-order valence-corrected chi connectivity index (χ1v) is 5.14. The average Bonchev–Trinajstić information content (AvgIpc) is 2.14. The summed E-state index contributed by atoms with van der Waals surface area (Å²) >= 11 is 0. The zero-order chi connectivity index (χ0) is 10.6. The third-order valence-electron chi connectivity index (χ3n) is 1.54. The minimum Gasteiger partial charge on any atom is -0.284 e. The number of rotatable bonds is 3. The number of benzene rings is 1. The second-order valence-electron chi connectivity index (χ2n) is 2.50. The van der Waals surface area contributed by atoms with Gasteiger partial charge in [-0.3, -0.25) is 4.55 Å². The molecule has 1 N–H and O–H groups in total. The third-order valence-corrected chi connectivity index (χ3v) is 2.48. The number of hydrogen-bond donors (Lipinski definition) is 1. The first-order valence-electron chi connectivity index (χ1n) is 3.64. The van der Waals surface area contributed by atoms with E-state index < -0.39 is 15.5 Å². The van der Waals surface area contributed by atoms with Crippen LogP contribution in [0.4, 0.5) is 0 Å². The number of hydrogen-bond acceptors (Lipinski definition) is 4. The summed E-state index contributed by atoms with van der Waals surface area (Å²) in [5, 5.41) is -1.58. The molecule has 14 heavy (non-hydrogen) atoms. The molecule has 0 aliphatic carbocycles. The van der Waals surface area contributed by atoms with Crippen LogP contribution in [0.15, 0.2) is 35.3 Å². The second kappa shape index (κ2) is 4.15. The summed E-state index contributed by atoms with van der Waals surface area (Å²) in [5.74, 6) is 0. The van der Waals surface area contributed by atoms with Gasteiger partial charge in [0.05, 0.1) is 0 Å². The van der Waals surface area contributed by atoms with E-state index in [-0.39, 0.29) is 5.56 Å². The van der Waals surface area contributed by atoms with Crippen LogP contribution in [-0.4, -0.2) is 19.1 Å². The molecular weight excluding hydrogens is 206 g/mol. The standard InChI is InChI=1S/C8H7NO4S/c10-6-9-8(14(11,12)13)7-4-2-1-3-5-7/h1-5,8H,(H,11,12,13). The van der Waals surface area contributed by atoms with E-state index in [1.807, 2.05) is 0 Å². The van der Waals surface area contributed by atoms with Crippen molar-refractivity contribution in [1.82, 2.24) is 0 Å². The first kappa shape index (κ1) is 10.6. The molecule has 0 aliphatic rings. The van der Waals surface area contributed by atoms with Crippen molar-refractivity contribution in [3.05, 3.63) is 35.9 Å². The molecule has 74 valence electrons. The Bertz CT molecular complexity index is 447. The Hall–Kier alpha value is -1.49. The molecule has 0 amide bonds. The lowest BCUT2D eigenvalue weighted by molar-refractivity contribution is 0.469. The van der Waals surface area contributed by atoms with Gasteiger partial charge in [0.1, 0.15) is 0 Å². The monoisotopic (exact) mass is 213 g/mol. The molecule has 0 radical (unpaired) electrons. The fourth-order valence-corrected chi connectivity index (χ4v) is 1.66. The van der Waals surface area contributed by atoms with Gasteiger partial charge >= 0.3 is 0 Å². The summed E-state index contributed by atoms with van der Waals surface area (Å²) in [5.41, 5.74) is 0.221. The van der Waals surface area contributed by atoms with Crippen LogP contribution in [0.25, 0.3) is 0 Å². The maximum atomic E-state index is 10.8. The highest BCUT2D eigenvalue weighted by Gasteiger charge is 2.23. The Balaban J connectivity index is 3.21. The predicted octanol–water partition coefficient (Wildman–Crippen LogP) is 0.909. The highest BCUT2D eigenvalue weighted by Crippen LogP contribution is 2.21. The topological polar surface area (TPSA) is 83.8 Å². The predicted molar refractivity (Wildman–Crippen MR) is 48.9 cm³/mol. The average molecular weight is 213 g/mol. The SMILES string of the molecule is O=C=NC(c1ccccc1)S(=O)(=O)O. The van der Waals surface area contributed by atoms with E-state index in [1.54, 1.807) is 18.2 Å². The van der Waals surface area contributed by atoms with E-state index in [1.165, 1.54) is 12.1 Å². The number of carbonyl (C=O) groups excluding carboxylic acids is 1. The fourth-order valence-electron chi connectivity index (χ4n) is 0.979. The molecule has 1 aromatic rings. The molecule has 1 unspecified atom stereocenters. The molecule has 0 aliphatic heterocycles. The molecule has 0 saturated heterocycles. The smallest absolute Gasteiger partial charge is 0.284 e. The summed E-state index contributed by atoms with van der Waals surface area (Å²) in [7, 11) is -4.41. The lowest BCUT2D eigenvalue weighted by Gasteiger charge is -2.06. The molecule has 1 aromatic carbocycles. The normalized spacial score (nSPS) is 12.9. The van der Waals surface area contributed by atoms with Crippen molar-refractivity contribution in [2.45, 2.75) is 5.37 Å². The molecule has 5 nitrogen and oxygen atoms in total. The van der Waals surface area contributed by atoms with Crippen molar-refractivity contribution in [3.8, 4) is 0 Å². The van der Waals surface area contributed by atoms with Gasteiger partial charge in [0.15, 0.2) is 0 Å². The Labute approximate surface area is 80.8 Å². The van der Waals surface area contributed by atoms with E-state index in [2.05, 4.69) is 4.99 Å². The van der Waals surface area contributed by atoms with Crippen LogP contribution < -0.4 is 0 Å². The summed E-state index contributed by atoms with van der Waals surface area (Å²) < 4.78 is 30.4. The zero-order valence-electron chi connectivity index (χ0n) is 6.99. The van der Waals surface area contributed by atoms with E-state index in [0.717, 1.165) is 6.08 Å². The van der Waals surface area contributed by atoms with Crippen LogP contribution in [0.5, 0.6) is 0 Å². The quantitative estimate of drug-likeness (QED) is 0.459. The van der Waals surface area contributed by atoms with Gasteiger partial charge in [0.25, 0.3) is 10.1 Å². The summed E-state index contributed by atoms with van der Waals surface area (Å²) in [6, 6.07) is 7.72. The Morgan fingerprint density at radius 3 is 2.29 bits per heavy atom.